The van der Waals surface area contributed by atoms with Crippen molar-refractivity contribution in [1.29, 1.82) is 0 Å². The largest absolute Gasteiger partial charge is 0.296 e. The normalized spacial score (nSPS) is 10.8. The topological polar surface area (TPSA) is 47.3 Å². The van der Waals surface area contributed by atoms with Crippen molar-refractivity contribution < 1.29 is 4.79 Å². The molecule has 3 rings (SSSR count). The Balaban J connectivity index is 1.96. The van der Waals surface area contributed by atoms with Gasteiger partial charge in [-0.15, -0.1) is 0 Å². The lowest BCUT2D eigenvalue weighted by atomic mass is 10.2. The summed E-state index contributed by atoms with van der Waals surface area (Å²) in [6, 6.07) is 10.1. The Bertz CT molecular complexity index is 657. The maximum Gasteiger partial charge on any atom is 0.212 e. The first-order valence-electron chi connectivity index (χ1n) is 5.19. The number of carbonyl (C=O) groups excluding carboxylic acids is 1. The second-order valence-electron chi connectivity index (χ2n) is 3.65. The predicted octanol–water partition coefficient (Wildman–Crippen LogP) is 2.19. The number of aromatic nitrogens is 3. The third kappa shape index (κ3) is 1.85. The number of hydrogen-bond acceptors (Lipinski definition) is 4. The highest BCUT2D eigenvalue weighted by atomic mass is 32.1. The van der Waals surface area contributed by atoms with E-state index in [1.807, 2.05) is 18.2 Å². The summed E-state index contributed by atoms with van der Waals surface area (Å²) < 4.78 is 1.59. The highest BCUT2D eigenvalue weighted by molar-refractivity contribution is 7.16. The van der Waals surface area contributed by atoms with Crippen LogP contribution in [0.1, 0.15) is 21.1 Å². The van der Waals surface area contributed by atoms with Crippen LogP contribution in [0.4, 0.5) is 0 Å². The summed E-state index contributed by atoms with van der Waals surface area (Å²) in [5.41, 5.74) is 1.70. The van der Waals surface area contributed by atoms with E-state index in [4.69, 9.17) is 0 Å². The zero-order valence-electron chi connectivity index (χ0n) is 8.91. The van der Waals surface area contributed by atoms with Gasteiger partial charge in [0.1, 0.15) is 10.7 Å². The number of carbonyl (C=O) groups is 1. The Morgan fingerprint density at radius 3 is 2.88 bits per heavy atom. The molecule has 2 heterocycles. The van der Waals surface area contributed by atoms with Crippen LogP contribution in [0.25, 0.3) is 4.96 Å². The summed E-state index contributed by atoms with van der Waals surface area (Å²) in [5, 5.41) is 5.34. The maximum absolute atomic E-state index is 10.8. The summed E-state index contributed by atoms with van der Waals surface area (Å²) in [6.07, 6.45) is 3.08. The van der Waals surface area contributed by atoms with Crippen LogP contribution in [0.2, 0.25) is 0 Å². The molecule has 17 heavy (non-hydrogen) atoms. The fraction of sp³-hybridized carbons (Fsp3) is 0.0833. The molecule has 0 radical (unpaired) electrons. The third-order valence-corrected chi connectivity index (χ3v) is 3.40. The molecule has 4 nitrogen and oxygen atoms in total. The van der Waals surface area contributed by atoms with Crippen molar-refractivity contribution in [2.45, 2.75) is 6.42 Å². The number of benzene rings is 1. The molecule has 0 N–H and O–H groups in total. The van der Waals surface area contributed by atoms with Gasteiger partial charge in [0.05, 0.1) is 6.20 Å². The molecule has 0 saturated heterocycles. The van der Waals surface area contributed by atoms with Crippen molar-refractivity contribution in [1.82, 2.24) is 14.6 Å². The molecule has 1 aromatic carbocycles. The minimum atomic E-state index is 0.496. The van der Waals surface area contributed by atoms with Gasteiger partial charge in [0.2, 0.25) is 4.96 Å². The summed E-state index contributed by atoms with van der Waals surface area (Å²) in [6.45, 7) is 0. The molecular formula is C12H9N3OS. The predicted molar refractivity (Wildman–Crippen MR) is 65.5 cm³/mol. The number of imidazole rings is 1. The van der Waals surface area contributed by atoms with Gasteiger partial charge in [0, 0.05) is 6.42 Å². The number of fused-ring (bicyclic) bond motifs is 1. The van der Waals surface area contributed by atoms with Gasteiger partial charge in [0.25, 0.3) is 0 Å². The SMILES string of the molecule is O=Cc1cnc2sc(Cc3ccccc3)nn12. The van der Waals surface area contributed by atoms with Crippen LogP contribution in [0.5, 0.6) is 0 Å². The molecule has 0 fully saturated rings. The Kier molecular flexibility index (Phi) is 2.45. The van der Waals surface area contributed by atoms with Gasteiger partial charge in [0.15, 0.2) is 6.29 Å². The van der Waals surface area contributed by atoms with E-state index < -0.39 is 0 Å². The molecule has 0 amide bonds. The standard InChI is InChI=1S/C12H9N3OS/c16-8-10-7-13-12-15(10)14-11(17-12)6-9-4-2-1-3-5-9/h1-5,7-8H,6H2. The fourth-order valence-electron chi connectivity index (χ4n) is 1.67. The van der Waals surface area contributed by atoms with Gasteiger partial charge >= 0.3 is 0 Å². The van der Waals surface area contributed by atoms with E-state index in [0.29, 0.717) is 5.69 Å². The zero-order valence-corrected chi connectivity index (χ0v) is 9.72. The Hall–Kier alpha value is -2.01. The van der Waals surface area contributed by atoms with E-state index in [2.05, 4.69) is 22.2 Å². The Morgan fingerprint density at radius 1 is 1.29 bits per heavy atom. The van der Waals surface area contributed by atoms with E-state index in [-0.39, 0.29) is 0 Å². The summed E-state index contributed by atoms with van der Waals surface area (Å²) in [4.78, 5) is 15.7. The number of aldehydes is 1. The summed E-state index contributed by atoms with van der Waals surface area (Å²) in [7, 11) is 0. The molecule has 0 spiro atoms. The molecule has 0 bridgehead atoms. The van der Waals surface area contributed by atoms with Crippen molar-refractivity contribution >= 4 is 22.6 Å². The minimum absolute atomic E-state index is 0.496. The number of rotatable bonds is 3. The van der Waals surface area contributed by atoms with Gasteiger partial charge < -0.3 is 0 Å². The average Bonchev–Trinajstić information content (AvgIpc) is 2.89. The van der Waals surface area contributed by atoms with Gasteiger partial charge in [-0.1, -0.05) is 41.7 Å². The molecule has 3 aromatic rings. The fourth-order valence-corrected chi connectivity index (χ4v) is 2.58. The van der Waals surface area contributed by atoms with E-state index in [9.17, 15) is 4.79 Å². The lowest BCUT2D eigenvalue weighted by Gasteiger charge is -1.95. The zero-order chi connectivity index (χ0) is 11.7. The van der Waals surface area contributed by atoms with Crippen LogP contribution in [0.3, 0.4) is 0 Å². The minimum Gasteiger partial charge on any atom is -0.296 e. The number of hydrogen-bond donors (Lipinski definition) is 0. The van der Waals surface area contributed by atoms with Crippen molar-refractivity contribution in [3.05, 3.63) is 52.8 Å². The van der Waals surface area contributed by atoms with Crippen molar-refractivity contribution in [3.63, 3.8) is 0 Å². The first-order valence-corrected chi connectivity index (χ1v) is 6.01. The average molecular weight is 243 g/mol. The second-order valence-corrected chi connectivity index (χ2v) is 4.69. The van der Waals surface area contributed by atoms with Crippen LogP contribution >= 0.6 is 11.3 Å². The van der Waals surface area contributed by atoms with Crippen LogP contribution in [-0.2, 0) is 6.42 Å². The summed E-state index contributed by atoms with van der Waals surface area (Å²) in [5.74, 6) is 0. The summed E-state index contributed by atoms with van der Waals surface area (Å²) >= 11 is 1.51. The van der Waals surface area contributed by atoms with Gasteiger partial charge in [-0.2, -0.15) is 5.10 Å². The smallest absolute Gasteiger partial charge is 0.212 e. The van der Waals surface area contributed by atoms with Gasteiger partial charge in [-0.05, 0) is 5.56 Å². The van der Waals surface area contributed by atoms with E-state index >= 15 is 0 Å². The molecule has 0 aliphatic heterocycles. The van der Waals surface area contributed by atoms with Crippen molar-refractivity contribution in [2.24, 2.45) is 0 Å². The molecular weight excluding hydrogens is 234 g/mol. The molecule has 0 unspecified atom stereocenters. The van der Waals surface area contributed by atoms with E-state index in [0.717, 1.165) is 22.7 Å². The van der Waals surface area contributed by atoms with Crippen LogP contribution in [0, 0.1) is 0 Å². The highest BCUT2D eigenvalue weighted by Gasteiger charge is 2.09. The number of nitrogens with zero attached hydrogens (tertiary/aromatic N) is 3. The van der Waals surface area contributed by atoms with E-state index in [1.54, 1.807) is 4.52 Å². The quantitative estimate of drug-likeness (QED) is 0.662. The Labute approximate surface area is 102 Å². The molecule has 0 aliphatic carbocycles. The van der Waals surface area contributed by atoms with Crippen molar-refractivity contribution in [3.8, 4) is 0 Å². The molecule has 0 aliphatic rings. The Morgan fingerprint density at radius 2 is 2.12 bits per heavy atom. The second kappa shape index (κ2) is 4.10. The van der Waals surface area contributed by atoms with Gasteiger partial charge in [-0.25, -0.2) is 9.50 Å². The molecule has 0 atom stereocenters. The van der Waals surface area contributed by atoms with Gasteiger partial charge in [-0.3, -0.25) is 4.79 Å². The van der Waals surface area contributed by atoms with E-state index in [1.165, 1.54) is 23.1 Å². The lowest BCUT2D eigenvalue weighted by molar-refractivity contribution is 0.111. The highest BCUT2D eigenvalue weighted by Crippen LogP contribution is 2.17. The first kappa shape index (κ1) is 10.2. The van der Waals surface area contributed by atoms with Crippen LogP contribution in [0.15, 0.2) is 36.5 Å². The first-order chi connectivity index (χ1) is 8.36. The molecule has 84 valence electrons. The van der Waals surface area contributed by atoms with Crippen molar-refractivity contribution in [2.75, 3.05) is 0 Å². The lowest BCUT2D eigenvalue weighted by Crippen LogP contribution is -1.93. The van der Waals surface area contributed by atoms with Crippen LogP contribution < -0.4 is 0 Å². The molecule has 5 heteroatoms. The third-order valence-electron chi connectivity index (χ3n) is 2.47. The molecule has 2 aromatic heterocycles. The van der Waals surface area contributed by atoms with Crippen LogP contribution in [-0.4, -0.2) is 20.9 Å². The monoisotopic (exact) mass is 243 g/mol. The maximum atomic E-state index is 10.8. The molecule has 0 saturated carbocycles.